The Morgan fingerprint density at radius 2 is 1.94 bits per heavy atom. The summed E-state index contributed by atoms with van der Waals surface area (Å²) in [6.07, 6.45) is 4.07. The van der Waals surface area contributed by atoms with E-state index in [9.17, 15) is 9.59 Å². The zero-order valence-corrected chi connectivity index (χ0v) is 16.9. The fraction of sp³-hybridized carbons (Fsp3) is 0.182. The lowest BCUT2D eigenvalue weighted by molar-refractivity contribution is -0.123. The highest BCUT2D eigenvalue weighted by Crippen LogP contribution is 2.09. The molecule has 9 heteroatoms. The molecule has 2 aromatic carbocycles. The standard InChI is InChI=1S/C22H23N5O4/c1-30-19-9-7-16(8-10-19)12-25-27-21(28)20(11-18-13-23-15-24-18)26-22(29)31-14-17-5-3-2-4-6-17/h2-10,12-13,15,20H,11,14H2,1H3,(H,23,24)(H,26,29)(H,27,28)/b25-12-/t20-/m1/s1. The number of nitrogens with zero attached hydrogens (tertiary/aromatic N) is 2. The molecule has 0 saturated heterocycles. The first kappa shape index (κ1) is 21.6. The van der Waals surface area contributed by atoms with Crippen LogP contribution in [0.5, 0.6) is 5.75 Å². The topological polar surface area (TPSA) is 118 Å². The monoisotopic (exact) mass is 421 g/mol. The first-order chi connectivity index (χ1) is 15.1. The minimum Gasteiger partial charge on any atom is -0.497 e. The van der Waals surface area contributed by atoms with Gasteiger partial charge in [-0.05, 0) is 35.4 Å². The number of carbonyl (C=O) groups is 2. The summed E-state index contributed by atoms with van der Waals surface area (Å²) in [6.45, 7) is 0.0979. The molecule has 3 N–H and O–H groups in total. The normalized spacial score (nSPS) is 11.6. The fourth-order valence-corrected chi connectivity index (χ4v) is 2.67. The summed E-state index contributed by atoms with van der Waals surface area (Å²) >= 11 is 0. The molecule has 0 spiro atoms. The number of benzene rings is 2. The molecule has 1 atom stereocenters. The summed E-state index contributed by atoms with van der Waals surface area (Å²) in [5, 5.41) is 6.54. The van der Waals surface area contributed by atoms with Crippen LogP contribution in [0.25, 0.3) is 0 Å². The quantitative estimate of drug-likeness (QED) is 0.362. The predicted octanol–water partition coefficient (Wildman–Crippen LogP) is 2.41. The number of methoxy groups -OCH3 is 1. The predicted molar refractivity (Wildman–Crippen MR) is 115 cm³/mol. The van der Waals surface area contributed by atoms with E-state index in [2.05, 4.69) is 25.8 Å². The molecule has 0 aliphatic rings. The Morgan fingerprint density at radius 1 is 1.16 bits per heavy atom. The molecule has 0 bridgehead atoms. The fourth-order valence-electron chi connectivity index (χ4n) is 2.67. The van der Waals surface area contributed by atoms with Crippen molar-refractivity contribution in [2.45, 2.75) is 19.1 Å². The van der Waals surface area contributed by atoms with Crippen LogP contribution in [0.4, 0.5) is 4.79 Å². The van der Waals surface area contributed by atoms with E-state index >= 15 is 0 Å². The first-order valence-electron chi connectivity index (χ1n) is 9.55. The van der Waals surface area contributed by atoms with Gasteiger partial charge < -0.3 is 19.8 Å². The molecule has 3 aromatic rings. The lowest BCUT2D eigenvalue weighted by Gasteiger charge is -2.16. The molecule has 0 radical (unpaired) electrons. The van der Waals surface area contributed by atoms with Crippen LogP contribution in [-0.4, -0.2) is 41.3 Å². The van der Waals surface area contributed by atoms with Crippen molar-refractivity contribution in [1.29, 1.82) is 0 Å². The molecular weight excluding hydrogens is 398 g/mol. The van der Waals surface area contributed by atoms with Crippen molar-refractivity contribution in [3.05, 3.63) is 83.9 Å². The minimum absolute atomic E-state index is 0.0979. The number of alkyl carbamates (subject to hydrolysis) is 1. The summed E-state index contributed by atoms with van der Waals surface area (Å²) in [5.74, 6) is 0.232. The largest absolute Gasteiger partial charge is 0.497 e. The van der Waals surface area contributed by atoms with Crippen molar-refractivity contribution in [2.24, 2.45) is 5.10 Å². The number of hydrogen-bond donors (Lipinski definition) is 3. The average molecular weight is 421 g/mol. The molecule has 31 heavy (non-hydrogen) atoms. The zero-order valence-electron chi connectivity index (χ0n) is 16.9. The van der Waals surface area contributed by atoms with E-state index in [0.29, 0.717) is 5.69 Å². The van der Waals surface area contributed by atoms with Crippen molar-refractivity contribution in [3.8, 4) is 5.75 Å². The molecule has 0 fully saturated rings. The highest BCUT2D eigenvalue weighted by Gasteiger charge is 2.22. The maximum Gasteiger partial charge on any atom is 0.408 e. The van der Waals surface area contributed by atoms with E-state index in [-0.39, 0.29) is 13.0 Å². The summed E-state index contributed by atoms with van der Waals surface area (Å²) in [4.78, 5) is 31.7. The van der Waals surface area contributed by atoms with Crippen molar-refractivity contribution < 1.29 is 19.1 Å². The molecule has 0 aliphatic carbocycles. The maximum absolute atomic E-state index is 12.6. The molecule has 1 aromatic heterocycles. The van der Waals surface area contributed by atoms with Crippen LogP contribution in [0.1, 0.15) is 16.8 Å². The van der Waals surface area contributed by atoms with Crippen LogP contribution in [0.3, 0.4) is 0 Å². The summed E-state index contributed by atoms with van der Waals surface area (Å²) in [5.41, 5.74) is 4.75. The second-order valence-corrected chi connectivity index (χ2v) is 6.55. The van der Waals surface area contributed by atoms with E-state index in [1.807, 2.05) is 30.3 Å². The van der Waals surface area contributed by atoms with Crippen LogP contribution in [0, 0.1) is 0 Å². The highest BCUT2D eigenvalue weighted by atomic mass is 16.5. The number of hydrazone groups is 1. The first-order valence-corrected chi connectivity index (χ1v) is 9.55. The zero-order chi connectivity index (χ0) is 21.9. The second kappa shape index (κ2) is 11.1. The Labute approximate surface area is 179 Å². The van der Waals surface area contributed by atoms with E-state index in [0.717, 1.165) is 16.9 Å². The number of aromatic nitrogens is 2. The Kier molecular flexibility index (Phi) is 7.76. The lowest BCUT2D eigenvalue weighted by Crippen LogP contribution is -2.47. The Morgan fingerprint density at radius 3 is 2.61 bits per heavy atom. The van der Waals surface area contributed by atoms with Gasteiger partial charge in [-0.3, -0.25) is 4.79 Å². The molecule has 0 unspecified atom stereocenters. The van der Waals surface area contributed by atoms with Crippen molar-refractivity contribution in [2.75, 3.05) is 7.11 Å². The van der Waals surface area contributed by atoms with Gasteiger partial charge in [0.25, 0.3) is 5.91 Å². The van der Waals surface area contributed by atoms with Crippen molar-refractivity contribution in [1.82, 2.24) is 20.7 Å². The highest BCUT2D eigenvalue weighted by molar-refractivity contribution is 5.87. The number of aromatic amines is 1. The Hall–Kier alpha value is -4.14. The van der Waals surface area contributed by atoms with E-state index in [1.54, 1.807) is 37.6 Å². The van der Waals surface area contributed by atoms with Crippen LogP contribution in [0.15, 0.2) is 72.2 Å². The van der Waals surface area contributed by atoms with E-state index in [1.165, 1.54) is 12.5 Å². The van der Waals surface area contributed by atoms with Crippen LogP contribution in [-0.2, 0) is 22.6 Å². The van der Waals surface area contributed by atoms with Gasteiger partial charge in [0.2, 0.25) is 0 Å². The van der Waals surface area contributed by atoms with Gasteiger partial charge in [-0.1, -0.05) is 30.3 Å². The van der Waals surface area contributed by atoms with Gasteiger partial charge >= 0.3 is 6.09 Å². The van der Waals surface area contributed by atoms with Gasteiger partial charge in [0.05, 0.1) is 19.7 Å². The smallest absolute Gasteiger partial charge is 0.408 e. The van der Waals surface area contributed by atoms with Crippen LogP contribution in [0.2, 0.25) is 0 Å². The second-order valence-electron chi connectivity index (χ2n) is 6.55. The van der Waals surface area contributed by atoms with Crippen LogP contribution >= 0.6 is 0 Å². The third-order valence-corrected chi connectivity index (χ3v) is 4.30. The van der Waals surface area contributed by atoms with Gasteiger partial charge in [0.15, 0.2) is 0 Å². The molecule has 160 valence electrons. The SMILES string of the molecule is COc1ccc(/C=N\NC(=O)[C@@H](Cc2cnc[nH]2)NC(=O)OCc2ccccc2)cc1. The number of H-pyrrole nitrogens is 1. The number of carbonyl (C=O) groups excluding carboxylic acids is 2. The third-order valence-electron chi connectivity index (χ3n) is 4.30. The van der Waals surface area contributed by atoms with Crippen molar-refractivity contribution in [3.63, 3.8) is 0 Å². The number of hydrogen-bond acceptors (Lipinski definition) is 6. The van der Waals surface area contributed by atoms with Gasteiger partial charge in [-0.25, -0.2) is 15.2 Å². The van der Waals surface area contributed by atoms with Gasteiger partial charge in [-0.2, -0.15) is 5.10 Å². The molecule has 9 nitrogen and oxygen atoms in total. The maximum atomic E-state index is 12.6. The molecule has 2 amide bonds. The number of imidazole rings is 1. The average Bonchev–Trinajstić information content (AvgIpc) is 3.31. The van der Waals surface area contributed by atoms with E-state index < -0.39 is 18.0 Å². The van der Waals surface area contributed by atoms with Gasteiger partial charge in [0.1, 0.15) is 18.4 Å². The number of ether oxygens (including phenoxy) is 2. The molecule has 3 rings (SSSR count). The minimum atomic E-state index is -0.906. The number of amides is 2. The summed E-state index contributed by atoms with van der Waals surface area (Å²) in [6, 6.07) is 15.5. The Bertz CT molecular complexity index is 989. The molecular formula is C22H23N5O4. The lowest BCUT2D eigenvalue weighted by atomic mass is 10.1. The molecule has 0 aliphatic heterocycles. The summed E-state index contributed by atoms with van der Waals surface area (Å²) < 4.78 is 10.3. The van der Waals surface area contributed by atoms with Crippen molar-refractivity contribution >= 4 is 18.2 Å². The number of rotatable bonds is 9. The molecule has 1 heterocycles. The van der Waals surface area contributed by atoms with Gasteiger partial charge in [-0.15, -0.1) is 0 Å². The Balaban J connectivity index is 1.58. The third kappa shape index (κ3) is 7.00. The van der Waals surface area contributed by atoms with Gasteiger partial charge in [0, 0.05) is 18.3 Å². The summed E-state index contributed by atoms with van der Waals surface area (Å²) in [7, 11) is 1.58. The van der Waals surface area contributed by atoms with E-state index in [4.69, 9.17) is 9.47 Å². The molecule has 0 saturated carbocycles. The number of nitrogens with one attached hydrogen (secondary N) is 3. The van der Waals surface area contributed by atoms with Crippen LogP contribution < -0.4 is 15.5 Å².